The third kappa shape index (κ3) is 24.6. The molecule has 1 nitrogen and oxygen atoms in total. The van der Waals surface area contributed by atoms with Gasteiger partial charge in [0.25, 0.3) is 0 Å². The molecule has 0 N–H and O–H groups in total. The Hall–Kier alpha value is -0.510. The van der Waals surface area contributed by atoms with E-state index in [4.69, 9.17) is 5.26 Å². The largest absolute Gasteiger partial charge is 0.198 e. The molecule has 0 bridgehead atoms. The Labute approximate surface area is 84.2 Å². The van der Waals surface area contributed by atoms with Crippen LogP contribution in [0.2, 0.25) is 0 Å². The predicted molar refractivity (Wildman–Crippen MR) is 59.6 cm³/mol. The SMILES string of the molecule is CCCC#N.CCCCCCCC. The number of unbranched alkanes of at least 4 members (excludes halogenated alkanes) is 6. The smallest absolute Gasteiger partial charge is 0.0621 e. The minimum Gasteiger partial charge on any atom is -0.198 e. The van der Waals surface area contributed by atoms with Crippen molar-refractivity contribution in [3.05, 3.63) is 0 Å². The molecule has 0 saturated carbocycles. The summed E-state index contributed by atoms with van der Waals surface area (Å²) < 4.78 is 0. The molecule has 13 heavy (non-hydrogen) atoms. The molecule has 0 aromatic heterocycles. The van der Waals surface area contributed by atoms with E-state index in [1.807, 2.05) is 13.0 Å². The van der Waals surface area contributed by atoms with E-state index in [1.54, 1.807) is 0 Å². The van der Waals surface area contributed by atoms with Crippen molar-refractivity contribution in [1.82, 2.24) is 0 Å². The molecule has 0 rings (SSSR count). The third-order valence-corrected chi connectivity index (χ3v) is 1.82. The maximum atomic E-state index is 7.82. The zero-order chi connectivity index (χ0) is 10.4. The van der Waals surface area contributed by atoms with Crippen LogP contribution in [0.15, 0.2) is 0 Å². The monoisotopic (exact) mass is 183 g/mol. The second kappa shape index (κ2) is 17.5. The van der Waals surface area contributed by atoms with Crippen LogP contribution >= 0.6 is 0 Å². The van der Waals surface area contributed by atoms with Crippen LogP contribution in [-0.4, -0.2) is 0 Å². The lowest BCUT2D eigenvalue weighted by molar-refractivity contribution is 0.624. The molecule has 0 radical (unpaired) electrons. The van der Waals surface area contributed by atoms with E-state index in [0.29, 0.717) is 6.42 Å². The molecule has 78 valence electrons. The van der Waals surface area contributed by atoms with E-state index in [0.717, 1.165) is 6.42 Å². The van der Waals surface area contributed by atoms with Gasteiger partial charge < -0.3 is 0 Å². The number of rotatable bonds is 6. The van der Waals surface area contributed by atoms with E-state index in [2.05, 4.69) is 13.8 Å². The van der Waals surface area contributed by atoms with Crippen molar-refractivity contribution in [3.8, 4) is 6.07 Å². The van der Waals surface area contributed by atoms with Gasteiger partial charge in [-0.15, -0.1) is 0 Å². The Kier molecular flexibility index (Phi) is 20.2. The van der Waals surface area contributed by atoms with Gasteiger partial charge in [0.05, 0.1) is 6.07 Å². The first-order valence-electron chi connectivity index (χ1n) is 5.70. The minimum atomic E-state index is 0.694. The Morgan fingerprint density at radius 1 is 0.769 bits per heavy atom. The van der Waals surface area contributed by atoms with E-state index < -0.39 is 0 Å². The van der Waals surface area contributed by atoms with Crippen LogP contribution < -0.4 is 0 Å². The highest BCUT2D eigenvalue weighted by atomic mass is 14.2. The Bertz CT molecular complexity index is 96.2. The summed E-state index contributed by atoms with van der Waals surface area (Å²) in [5.74, 6) is 0. The van der Waals surface area contributed by atoms with Gasteiger partial charge in [0, 0.05) is 6.42 Å². The van der Waals surface area contributed by atoms with Gasteiger partial charge in [-0.3, -0.25) is 0 Å². The van der Waals surface area contributed by atoms with Crippen molar-refractivity contribution in [3.63, 3.8) is 0 Å². The first-order chi connectivity index (χ1) is 6.33. The maximum Gasteiger partial charge on any atom is 0.0621 e. The summed E-state index contributed by atoms with van der Waals surface area (Å²) in [7, 11) is 0. The third-order valence-electron chi connectivity index (χ3n) is 1.82. The molecular weight excluding hydrogens is 158 g/mol. The summed E-state index contributed by atoms with van der Waals surface area (Å²) in [4.78, 5) is 0. The average Bonchev–Trinajstić information content (AvgIpc) is 2.15. The molecule has 0 unspecified atom stereocenters. The summed E-state index contributed by atoms with van der Waals surface area (Å²) in [5.41, 5.74) is 0. The van der Waals surface area contributed by atoms with Crippen molar-refractivity contribution in [2.45, 2.75) is 72.1 Å². The van der Waals surface area contributed by atoms with Crippen molar-refractivity contribution in [2.75, 3.05) is 0 Å². The quantitative estimate of drug-likeness (QED) is 0.549. The van der Waals surface area contributed by atoms with Crippen LogP contribution in [0.5, 0.6) is 0 Å². The standard InChI is InChI=1S/C8H18.C4H7N/c1-3-5-7-8-6-4-2;1-2-3-4-5/h3-8H2,1-2H3;2-3H2,1H3. The van der Waals surface area contributed by atoms with Crippen LogP contribution in [0.3, 0.4) is 0 Å². The van der Waals surface area contributed by atoms with Gasteiger partial charge >= 0.3 is 0 Å². The molecule has 0 aromatic rings. The molecule has 0 aliphatic rings. The molecule has 0 fully saturated rings. The lowest BCUT2D eigenvalue weighted by Gasteiger charge is -1.93. The molecule has 0 saturated heterocycles. The maximum absolute atomic E-state index is 7.82. The topological polar surface area (TPSA) is 23.8 Å². The van der Waals surface area contributed by atoms with Gasteiger partial charge in [-0.1, -0.05) is 59.3 Å². The zero-order valence-electron chi connectivity index (χ0n) is 9.60. The van der Waals surface area contributed by atoms with Gasteiger partial charge in [0.15, 0.2) is 0 Å². The van der Waals surface area contributed by atoms with Crippen molar-refractivity contribution in [1.29, 1.82) is 5.26 Å². The molecule has 1 heteroatoms. The van der Waals surface area contributed by atoms with Crippen LogP contribution in [0.25, 0.3) is 0 Å². The fourth-order valence-corrected chi connectivity index (χ4v) is 0.965. The van der Waals surface area contributed by atoms with Gasteiger partial charge in [-0.2, -0.15) is 5.26 Å². The van der Waals surface area contributed by atoms with Crippen LogP contribution in [-0.2, 0) is 0 Å². The second-order valence-electron chi connectivity index (χ2n) is 3.32. The van der Waals surface area contributed by atoms with Crippen LogP contribution in [0, 0.1) is 11.3 Å². The van der Waals surface area contributed by atoms with Gasteiger partial charge in [-0.25, -0.2) is 0 Å². The van der Waals surface area contributed by atoms with E-state index in [-0.39, 0.29) is 0 Å². The lowest BCUT2D eigenvalue weighted by atomic mass is 10.1. The van der Waals surface area contributed by atoms with Crippen LogP contribution in [0.4, 0.5) is 0 Å². The highest BCUT2D eigenvalue weighted by molar-refractivity contribution is 4.65. The summed E-state index contributed by atoms with van der Waals surface area (Å²) in [6.45, 7) is 6.50. The van der Waals surface area contributed by atoms with Gasteiger partial charge in [0.2, 0.25) is 0 Å². The number of nitrogens with zero attached hydrogens (tertiary/aromatic N) is 1. The van der Waals surface area contributed by atoms with Crippen LogP contribution in [0.1, 0.15) is 72.1 Å². The molecule has 0 heterocycles. The Morgan fingerprint density at radius 2 is 1.23 bits per heavy atom. The van der Waals surface area contributed by atoms with Crippen molar-refractivity contribution in [2.24, 2.45) is 0 Å². The van der Waals surface area contributed by atoms with Gasteiger partial charge in [0.1, 0.15) is 0 Å². The van der Waals surface area contributed by atoms with E-state index in [1.165, 1.54) is 38.5 Å². The lowest BCUT2D eigenvalue weighted by Crippen LogP contribution is -1.73. The average molecular weight is 183 g/mol. The summed E-state index contributed by atoms with van der Waals surface area (Å²) >= 11 is 0. The Morgan fingerprint density at radius 3 is 1.38 bits per heavy atom. The summed E-state index contributed by atoms with van der Waals surface area (Å²) in [6.07, 6.45) is 10.2. The normalized spacial score (nSPS) is 8.46. The zero-order valence-corrected chi connectivity index (χ0v) is 9.60. The van der Waals surface area contributed by atoms with E-state index in [9.17, 15) is 0 Å². The number of hydrogen-bond acceptors (Lipinski definition) is 1. The summed E-state index contributed by atoms with van der Waals surface area (Å²) in [6, 6.07) is 2.02. The minimum absolute atomic E-state index is 0.694. The highest BCUT2D eigenvalue weighted by Gasteiger charge is 1.83. The molecule has 0 aromatic carbocycles. The number of nitriles is 1. The van der Waals surface area contributed by atoms with Crippen molar-refractivity contribution >= 4 is 0 Å². The van der Waals surface area contributed by atoms with Crippen molar-refractivity contribution < 1.29 is 0 Å². The fraction of sp³-hybridized carbons (Fsp3) is 0.917. The van der Waals surface area contributed by atoms with E-state index >= 15 is 0 Å². The summed E-state index contributed by atoms with van der Waals surface area (Å²) in [5, 5.41) is 7.82. The fourth-order valence-electron chi connectivity index (χ4n) is 0.965. The predicted octanol–water partition coefficient (Wildman–Crippen LogP) is 4.68. The van der Waals surface area contributed by atoms with Gasteiger partial charge in [-0.05, 0) is 6.42 Å². The first kappa shape index (κ1) is 15.0. The molecule has 0 aliphatic carbocycles. The molecule has 0 aliphatic heterocycles. The number of hydrogen-bond donors (Lipinski definition) is 0. The highest BCUT2D eigenvalue weighted by Crippen LogP contribution is 2.03. The second-order valence-corrected chi connectivity index (χ2v) is 3.32. The Balaban J connectivity index is 0. The molecule has 0 atom stereocenters. The molecule has 0 spiro atoms. The molecule has 0 amide bonds. The first-order valence-corrected chi connectivity index (χ1v) is 5.70. The molecular formula is C12H25N.